The average Bonchev–Trinajstić information content (AvgIpc) is 3.08. The fraction of sp³-hybridized carbons (Fsp3) is 0.524. The van der Waals surface area contributed by atoms with E-state index in [9.17, 15) is 4.79 Å². The molecule has 1 aliphatic carbocycles. The van der Waals surface area contributed by atoms with Crippen molar-refractivity contribution in [2.45, 2.75) is 45.2 Å². The molecule has 1 aromatic carbocycles. The molecule has 4 rings (SSSR count). The Bertz CT molecular complexity index is 787. The molecule has 2 aromatic rings. The van der Waals surface area contributed by atoms with E-state index >= 15 is 0 Å². The summed E-state index contributed by atoms with van der Waals surface area (Å²) in [5.74, 6) is 0.0172. The molecule has 0 bridgehead atoms. The number of rotatable bonds is 4. The number of hydrogen-bond acceptors (Lipinski definition) is 3. The molecular formula is C21H28N4O. The van der Waals surface area contributed by atoms with Crippen LogP contribution < -0.4 is 5.32 Å². The third-order valence-corrected chi connectivity index (χ3v) is 6.21. The molecule has 1 aliphatic heterocycles. The molecule has 2 heterocycles. The van der Waals surface area contributed by atoms with Gasteiger partial charge in [0.2, 0.25) is 0 Å². The number of benzene rings is 1. The van der Waals surface area contributed by atoms with Crippen molar-refractivity contribution < 1.29 is 4.79 Å². The fourth-order valence-corrected chi connectivity index (χ4v) is 4.46. The van der Waals surface area contributed by atoms with Crippen molar-refractivity contribution in [3.05, 3.63) is 53.3 Å². The highest BCUT2D eigenvalue weighted by Crippen LogP contribution is 2.64. The predicted octanol–water partition coefficient (Wildman–Crippen LogP) is 2.82. The zero-order chi connectivity index (χ0) is 18.4. The van der Waals surface area contributed by atoms with Crippen molar-refractivity contribution in [3.63, 3.8) is 0 Å². The number of nitrogens with one attached hydrogen (secondary N) is 1. The number of carbonyl (C=O) groups excluding carboxylic acids is 1. The first-order valence-corrected chi connectivity index (χ1v) is 9.51. The second-order valence-corrected chi connectivity index (χ2v) is 8.44. The molecule has 0 spiro atoms. The molecule has 0 saturated heterocycles. The fourth-order valence-electron chi connectivity index (χ4n) is 4.46. The lowest BCUT2D eigenvalue weighted by Gasteiger charge is -2.27. The lowest BCUT2D eigenvalue weighted by molar-refractivity contribution is 0.0768. The SMILES string of the molecule is CN(C[C@@]1(c2ccccc2)CC1(C)C)C(=O)c1cc2n(n1)CCCNC2. The van der Waals surface area contributed by atoms with Crippen LogP contribution in [0.2, 0.25) is 0 Å². The molecule has 26 heavy (non-hydrogen) atoms. The maximum absolute atomic E-state index is 13.0. The normalized spacial score (nSPS) is 23.8. The first-order valence-electron chi connectivity index (χ1n) is 9.51. The summed E-state index contributed by atoms with van der Waals surface area (Å²) in [6.45, 7) is 7.97. The van der Waals surface area contributed by atoms with Crippen molar-refractivity contribution in [2.75, 3.05) is 20.1 Å². The second-order valence-electron chi connectivity index (χ2n) is 8.44. The van der Waals surface area contributed by atoms with E-state index < -0.39 is 0 Å². The summed E-state index contributed by atoms with van der Waals surface area (Å²) in [4.78, 5) is 14.9. The lowest BCUT2D eigenvalue weighted by Crippen LogP contribution is -2.36. The van der Waals surface area contributed by atoms with Gasteiger partial charge in [0, 0.05) is 32.1 Å². The number of hydrogen-bond donors (Lipinski definition) is 1. The second kappa shape index (κ2) is 6.23. The van der Waals surface area contributed by atoms with Gasteiger partial charge in [-0.2, -0.15) is 5.10 Å². The minimum absolute atomic E-state index is 0.0172. The molecule has 2 aliphatic rings. The van der Waals surface area contributed by atoms with Crippen LogP contribution in [0.15, 0.2) is 36.4 Å². The molecule has 1 aromatic heterocycles. The van der Waals surface area contributed by atoms with Crippen LogP contribution in [0.25, 0.3) is 0 Å². The number of nitrogens with zero attached hydrogens (tertiary/aromatic N) is 3. The Morgan fingerprint density at radius 2 is 2.04 bits per heavy atom. The first kappa shape index (κ1) is 17.3. The summed E-state index contributed by atoms with van der Waals surface area (Å²) in [6, 6.07) is 12.6. The Morgan fingerprint density at radius 1 is 1.31 bits per heavy atom. The highest BCUT2D eigenvalue weighted by atomic mass is 16.2. The third kappa shape index (κ3) is 2.84. The van der Waals surface area contributed by atoms with E-state index in [4.69, 9.17) is 0 Å². The van der Waals surface area contributed by atoms with Crippen molar-refractivity contribution in [2.24, 2.45) is 5.41 Å². The van der Waals surface area contributed by atoms with Crippen LogP contribution in [-0.4, -0.2) is 40.7 Å². The van der Waals surface area contributed by atoms with Gasteiger partial charge in [-0.3, -0.25) is 9.48 Å². The number of amides is 1. The van der Waals surface area contributed by atoms with Gasteiger partial charge in [0.25, 0.3) is 5.91 Å². The zero-order valence-electron chi connectivity index (χ0n) is 16.0. The van der Waals surface area contributed by atoms with E-state index in [1.54, 1.807) is 0 Å². The first-order chi connectivity index (χ1) is 12.4. The van der Waals surface area contributed by atoms with Crippen LogP contribution in [0.5, 0.6) is 0 Å². The molecular weight excluding hydrogens is 324 g/mol. The van der Waals surface area contributed by atoms with Crippen molar-refractivity contribution in [3.8, 4) is 0 Å². The molecule has 138 valence electrons. The summed E-state index contributed by atoms with van der Waals surface area (Å²) in [6.07, 6.45) is 2.15. The summed E-state index contributed by atoms with van der Waals surface area (Å²) >= 11 is 0. The van der Waals surface area contributed by atoms with Crippen molar-refractivity contribution in [1.29, 1.82) is 0 Å². The highest BCUT2D eigenvalue weighted by molar-refractivity contribution is 5.92. The Hall–Kier alpha value is -2.14. The van der Waals surface area contributed by atoms with Crippen LogP contribution in [0, 0.1) is 5.41 Å². The molecule has 1 amide bonds. The molecule has 5 heteroatoms. The van der Waals surface area contributed by atoms with E-state index in [-0.39, 0.29) is 16.7 Å². The molecule has 0 radical (unpaired) electrons. The topological polar surface area (TPSA) is 50.2 Å². The summed E-state index contributed by atoms with van der Waals surface area (Å²) in [7, 11) is 1.91. The molecule has 1 saturated carbocycles. The van der Waals surface area contributed by atoms with Gasteiger partial charge < -0.3 is 10.2 Å². The standard InChI is InChI=1S/C21H28N4O/c1-20(2)14-21(20,16-8-5-4-6-9-16)15-24(3)19(26)18-12-17-13-22-10-7-11-25(17)23-18/h4-6,8-9,12,22H,7,10-11,13-15H2,1-3H3/t21-/m1/s1. The van der Waals surface area contributed by atoms with Crippen LogP contribution >= 0.6 is 0 Å². The van der Waals surface area contributed by atoms with Gasteiger partial charge in [-0.05, 0) is 36.4 Å². The predicted molar refractivity (Wildman–Crippen MR) is 102 cm³/mol. The van der Waals surface area contributed by atoms with Crippen LogP contribution in [0.3, 0.4) is 0 Å². The van der Waals surface area contributed by atoms with Gasteiger partial charge in [0.15, 0.2) is 5.69 Å². The van der Waals surface area contributed by atoms with Gasteiger partial charge in [-0.15, -0.1) is 0 Å². The maximum atomic E-state index is 13.0. The smallest absolute Gasteiger partial charge is 0.274 e. The molecule has 1 N–H and O–H groups in total. The number of aromatic nitrogens is 2. The average molecular weight is 352 g/mol. The van der Waals surface area contributed by atoms with Gasteiger partial charge in [0.1, 0.15) is 0 Å². The highest BCUT2D eigenvalue weighted by Gasteiger charge is 2.62. The van der Waals surface area contributed by atoms with E-state index in [1.807, 2.05) is 28.8 Å². The Kier molecular flexibility index (Phi) is 4.14. The van der Waals surface area contributed by atoms with Crippen molar-refractivity contribution >= 4 is 5.91 Å². The Morgan fingerprint density at radius 3 is 2.73 bits per heavy atom. The summed E-state index contributed by atoms with van der Waals surface area (Å²) in [5.41, 5.74) is 3.24. The number of aryl methyl sites for hydroxylation is 1. The lowest BCUT2D eigenvalue weighted by atomic mass is 9.87. The number of carbonyl (C=O) groups is 1. The van der Waals surface area contributed by atoms with Gasteiger partial charge in [0.05, 0.1) is 5.69 Å². The van der Waals surface area contributed by atoms with E-state index in [2.05, 4.69) is 48.5 Å². The quantitative estimate of drug-likeness (QED) is 0.920. The summed E-state index contributed by atoms with van der Waals surface area (Å²) in [5, 5.41) is 7.96. The number of fused-ring (bicyclic) bond motifs is 1. The largest absolute Gasteiger partial charge is 0.339 e. The van der Waals surface area contributed by atoms with Crippen LogP contribution in [-0.2, 0) is 18.5 Å². The van der Waals surface area contributed by atoms with E-state index in [1.165, 1.54) is 5.56 Å². The maximum Gasteiger partial charge on any atom is 0.274 e. The molecule has 0 unspecified atom stereocenters. The molecule has 5 nitrogen and oxygen atoms in total. The van der Waals surface area contributed by atoms with Crippen LogP contribution in [0.4, 0.5) is 0 Å². The van der Waals surface area contributed by atoms with Gasteiger partial charge in [-0.25, -0.2) is 0 Å². The van der Waals surface area contributed by atoms with E-state index in [0.29, 0.717) is 5.69 Å². The minimum Gasteiger partial charge on any atom is -0.339 e. The minimum atomic E-state index is 0.0172. The Balaban J connectivity index is 1.54. The van der Waals surface area contributed by atoms with Crippen LogP contribution in [0.1, 0.15) is 48.4 Å². The van der Waals surface area contributed by atoms with Gasteiger partial charge >= 0.3 is 0 Å². The zero-order valence-corrected chi connectivity index (χ0v) is 16.0. The van der Waals surface area contributed by atoms with Crippen molar-refractivity contribution in [1.82, 2.24) is 20.0 Å². The summed E-state index contributed by atoms with van der Waals surface area (Å²) < 4.78 is 1.98. The number of likely N-dealkylation sites (N-methyl/N-ethyl adjacent to an activating group) is 1. The molecule has 1 atom stereocenters. The Labute approximate surface area is 155 Å². The third-order valence-electron chi connectivity index (χ3n) is 6.21. The molecule has 1 fully saturated rings. The van der Waals surface area contributed by atoms with Gasteiger partial charge in [-0.1, -0.05) is 44.2 Å². The monoisotopic (exact) mass is 352 g/mol. The van der Waals surface area contributed by atoms with E-state index in [0.717, 1.165) is 44.7 Å².